The van der Waals surface area contributed by atoms with Crippen LogP contribution in [0.15, 0.2) is 0 Å². The van der Waals surface area contributed by atoms with E-state index in [0.29, 0.717) is 32.8 Å². The van der Waals surface area contributed by atoms with E-state index in [1.54, 1.807) is 0 Å². The van der Waals surface area contributed by atoms with E-state index in [4.69, 9.17) is 14.2 Å². The Labute approximate surface area is 77.1 Å². The highest BCUT2D eigenvalue weighted by molar-refractivity contribution is 5.50. The molecular weight excluding hydrogens is 172 g/mol. The van der Waals surface area contributed by atoms with Crippen LogP contribution in [0.5, 0.6) is 0 Å². The van der Waals surface area contributed by atoms with Crippen LogP contribution in [-0.2, 0) is 19.0 Å². The van der Waals surface area contributed by atoms with Gasteiger partial charge in [0.25, 0.3) is 0 Å². The summed E-state index contributed by atoms with van der Waals surface area (Å²) in [5.74, 6) is -0.444. The number of carbonyl (C=O) groups excluding carboxylic acids is 1. The first-order valence-electron chi connectivity index (χ1n) is 4.67. The van der Waals surface area contributed by atoms with E-state index in [1.165, 1.54) is 0 Å². The van der Waals surface area contributed by atoms with Gasteiger partial charge < -0.3 is 19.0 Å². The van der Waals surface area contributed by atoms with Crippen LogP contribution in [0.2, 0.25) is 0 Å². The molecule has 2 fully saturated rings. The summed E-state index contributed by atoms with van der Waals surface area (Å²) in [6, 6.07) is 0. The van der Waals surface area contributed by atoms with Crippen LogP contribution in [0, 0.1) is 5.92 Å². The molecule has 0 aromatic heterocycles. The zero-order chi connectivity index (χ0) is 9.15. The minimum absolute atomic E-state index is 0.0706. The average molecular weight is 186 g/mol. The first kappa shape index (κ1) is 9.12. The molecular formula is C9H14O4. The second-order valence-corrected chi connectivity index (χ2v) is 3.43. The fraction of sp³-hybridized carbons (Fsp3) is 0.889. The van der Waals surface area contributed by atoms with Crippen molar-refractivity contribution >= 4 is 6.29 Å². The topological polar surface area (TPSA) is 44.8 Å². The van der Waals surface area contributed by atoms with E-state index >= 15 is 0 Å². The van der Waals surface area contributed by atoms with E-state index in [0.717, 1.165) is 12.7 Å². The summed E-state index contributed by atoms with van der Waals surface area (Å²) >= 11 is 0. The second kappa shape index (κ2) is 3.74. The normalized spacial score (nSPS) is 32.2. The lowest BCUT2D eigenvalue weighted by atomic mass is 9.92. The maximum Gasteiger partial charge on any atom is 0.176 e. The lowest BCUT2D eigenvalue weighted by molar-refractivity contribution is -0.239. The molecule has 1 spiro atoms. The lowest BCUT2D eigenvalue weighted by Crippen LogP contribution is -2.46. The molecule has 2 saturated heterocycles. The van der Waals surface area contributed by atoms with Gasteiger partial charge in [0.1, 0.15) is 6.29 Å². The highest BCUT2D eigenvalue weighted by Crippen LogP contribution is 2.36. The summed E-state index contributed by atoms with van der Waals surface area (Å²) in [4.78, 5) is 10.4. The summed E-state index contributed by atoms with van der Waals surface area (Å²) < 4.78 is 16.5. The third kappa shape index (κ3) is 1.61. The monoisotopic (exact) mass is 186 g/mol. The molecule has 13 heavy (non-hydrogen) atoms. The van der Waals surface area contributed by atoms with Gasteiger partial charge in [0.2, 0.25) is 0 Å². The van der Waals surface area contributed by atoms with Crippen molar-refractivity contribution in [3.8, 4) is 0 Å². The summed E-state index contributed by atoms with van der Waals surface area (Å²) in [7, 11) is 0. The predicted octanol–water partition coefficient (Wildman–Crippen LogP) is 0.355. The number of aldehydes is 1. The Hall–Kier alpha value is -0.450. The van der Waals surface area contributed by atoms with Gasteiger partial charge in [-0.1, -0.05) is 0 Å². The SMILES string of the molecule is O=CCC1COCCC12OCCO2. The van der Waals surface area contributed by atoms with Crippen LogP contribution in [0.25, 0.3) is 0 Å². The Morgan fingerprint density at radius 3 is 2.77 bits per heavy atom. The van der Waals surface area contributed by atoms with Gasteiger partial charge in [-0.25, -0.2) is 0 Å². The Kier molecular flexibility index (Phi) is 2.62. The van der Waals surface area contributed by atoms with E-state index in [2.05, 4.69) is 0 Å². The van der Waals surface area contributed by atoms with Gasteiger partial charge in [-0.05, 0) is 0 Å². The number of hydrogen-bond acceptors (Lipinski definition) is 4. The molecule has 1 atom stereocenters. The average Bonchev–Trinajstić information content (AvgIpc) is 2.59. The molecule has 0 aromatic rings. The quantitative estimate of drug-likeness (QED) is 0.584. The fourth-order valence-corrected chi connectivity index (χ4v) is 1.99. The first-order chi connectivity index (χ1) is 6.37. The van der Waals surface area contributed by atoms with Gasteiger partial charge >= 0.3 is 0 Å². The minimum atomic E-state index is -0.515. The van der Waals surface area contributed by atoms with Gasteiger partial charge in [-0.3, -0.25) is 0 Å². The maximum absolute atomic E-state index is 10.4. The van der Waals surface area contributed by atoms with Crippen LogP contribution >= 0.6 is 0 Å². The van der Waals surface area contributed by atoms with Crippen molar-refractivity contribution in [3.63, 3.8) is 0 Å². The molecule has 0 aromatic carbocycles. The largest absolute Gasteiger partial charge is 0.381 e. The summed E-state index contributed by atoms with van der Waals surface area (Å²) in [5.41, 5.74) is 0. The molecule has 0 saturated carbocycles. The third-order valence-electron chi connectivity index (χ3n) is 2.69. The van der Waals surface area contributed by atoms with Crippen LogP contribution < -0.4 is 0 Å². The molecule has 0 N–H and O–H groups in total. The molecule has 2 aliphatic heterocycles. The molecule has 4 heteroatoms. The standard InChI is InChI=1S/C9H14O4/c10-3-1-8-7-11-4-2-9(8)12-5-6-13-9/h3,8H,1-2,4-7H2. The molecule has 4 nitrogen and oxygen atoms in total. The molecule has 2 heterocycles. The number of ether oxygens (including phenoxy) is 3. The Morgan fingerprint density at radius 2 is 2.08 bits per heavy atom. The van der Waals surface area contributed by atoms with Crippen LogP contribution in [-0.4, -0.2) is 38.5 Å². The van der Waals surface area contributed by atoms with Crippen LogP contribution in [0.4, 0.5) is 0 Å². The van der Waals surface area contributed by atoms with Gasteiger partial charge in [-0.15, -0.1) is 0 Å². The van der Waals surface area contributed by atoms with Crippen LogP contribution in [0.1, 0.15) is 12.8 Å². The molecule has 0 radical (unpaired) electrons. The zero-order valence-electron chi connectivity index (χ0n) is 7.53. The van der Waals surface area contributed by atoms with Crippen molar-refractivity contribution < 1.29 is 19.0 Å². The number of carbonyl (C=O) groups is 1. The molecule has 2 rings (SSSR count). The summed E-state index contributed by atoms with van der Waals surface area (Å²) in [5, 5.41) is 0. The summed E-state index contributed by atoms with van der Waals surface area (Å²) in [6.45, 7) is 2.50. The van der Waals surface area contributed by atoms with Crippen molar-refractivity contribution in [2.24, 2.45) is 5.92 Å². The van der Waals surface area contributed by atoms with Crippen molar-refractivity contribution in [1.82, 2.24) is 0 Å². The first-order valence-corrected chi connectivity index (χ1v) is 4.67. The minimum Gasteiger partial charge on any atom is -0.381 e. The number of hydrogen-bond donors (Lipinski definition) is 0. The zero-order valence-corrected chi connectivity index (χ0v) is 7.53. The Morgan fingerprint density at radius 1 is 1.31 bits per heavy atom. The van der Waals surface area contributed by atoms with E-state index in [1.807, 2.05) is 0 Å². The van der Waals surface area contributed by atoms with Gasteiger partial charge in [0.05, 0.1) is 26.4 Å². The maximum atomic E-state index is 10.4. The smallest absolute Gasteiger partial charge is 0.176 e. The van der Waals surface area contributed by atoms with Crippen molar-refractivity contribution in [1.29, 1.82) is 0 Å². The lowest BCUT2D eigenvalue weighted by Gasteiger charge is -2.38. The molecule has 1 unspecified atom stereocenters. The second-order valence-electron chi connectivity index (χ2n) is 3.43. The third-order valence-corrected chi connectivity index (χ3v) is 2.69. The molecule has 0 amide bonds. The van der Waals surface area contributed by atoms with Crippen LogP contribution in [0.3, 0.4) is 0 Å². The van der Waals surface area contributed by atoms with Crippen molar-refractivity contribution in [3.05, 3.63) is 0 Å². The highest BCUT2D eigenvalue weighted by atomic mass is 16.7. The Balaban J connectivity index is 2.06. The molecule has 74 valence electrons. The van der Waals surface area contributed by atoms with E-state index in [-0.39, 0.29) is 5.92 Å². The molecule has 0 bridgehead atoms. The predicted molar refractivity (Wildman–Crippen MR) is 44.2 cm³/mol. The van der Waals surface area contributed by atoms with E-state index in [9.17, 15) is 4.79 Å². The fourth-order valence-electron chi connectivity index (χ4n) is 1.99. The van der Waals surface area contributed by atoms with Crippen molar-refractivity contribution in [2.45, 2.75) is 18.6 Å². The van der Waals surface area contributed by atoms with Gasteiger partial charge in [0, 0.05) is 18.8 Å². The van der Waals surface area contributed by atoms with E-state index < -0.39 is 5.79 Å². The molecule has 2 aliphatic rings. The molecule has 0 aliphatic carbocycles. The Bertz CT molecular complexity index is 186. The van der Waals surface area contributed by atoms with Crippen molar-refractivity contribution in [2.75, 3.05) is 26.4 Å². The highest BCUT2D eigenvalue weighted by Gasteiger charge is 2.46. The summed E-state index contributed by atoms with van der Waals surface area (Å²) in [6.07, 6.45) is 2.11. The van der Waals surface area contributed by atoms with Gasteiger partial charge in [0.15, 0.2) is 5.79 Å². The van der Waals surface area contributed by atoms with Gasteiger partial charge in [-0.2, -0.15) is 0 Å². The number of rotatable bonds is 2.